The van der Waals surface area contributed by atoms with Crippen LogP contribution in [0.5, 0.6) is 0 Å². The van der Waals surface area contributed by atoms with Crippen LogP contribution in [0.15, 0.2) is 24.3 Å². The molecule has 0 spiro atoms. The Bertz CT molecular complexity index is 517. The quantitative estimate of drug-likeness (QED) is 0.857. The van der Waals surface area contributed by atoms with Gasteiger partial charge in [-0.15, -0.1) is 0 Å². The molecule has 1 fully saturated rings. The van der Waals surface area contributed by atoms with Crippen molar-refractivity contribution in [1.82, 2.24) is 4.31 Å². The minimum atomic E-state index is -3.26. The molecular formula is C14H20ClNO2S. The van der Waals surface area contributed by atoms with Gasteiger partial charge in [-0.1, -0.05) is 30.2 Å². The van der Waals surface area contributed by atoms with Crippen LogP contribution in [0.3, 0.4) is 0 Å². The summed E-state index contributed by atoms with van der Waals surface area (Å²) in [5.41, 5.74) is 0.786. The summed E-state index contributed by atoms with van der Waals surface area (Å²) in [7, 11) is -3.26. The van der Waals surface area contributed by atoms with Crippen LogP contribution in [0.4, 0.5) is 0 Å². The first-order valence-corrected chi connectivity index (χ1v) is 8.64. The lowest BCUT2D eigenvalue weighted by atomic mass is 10.0. The van der Waals surface area contributed by atoms with E-state index in [0.29, 0.717) is 5.02 Å². The average Bonchev–Trinajstić information content (AvgIpc) is 2.31. The zero-order chi connectivity index (χ0) is 14.0. The van der Waals surface area contributed by atoms with Gasteiger partial charge < -0.3 is 0 Å². The highest BCUT2D eigenvalue weighted by Crippen LogP contribution is 2.27. The predicted octanol–water partition coefficient (Wildman–Crippen LogP) is 3.43. The summed E-state index contributed by atoms with van der Waals surface area (Å²) in [6, 6.07) is 7.21. The molecule has 0 saturated carbocycles. The Balaban J connectivity index is 2.19. The minimum Gasteiger partial charge on any atom is -0.212 e. The molecule has 2 atom stereocenters. The molecule has 1 aliphatic heterocycles. The van der Waals surface area contributed by atoms with E-state index in [1.165, 1.54) is 0 Å². The van der Waals surface area contributed by atoms with Crippen LogP contribution in [0, 0.1) is 0 Å². The summed E-state index contributed by atoms with van der Waals surface area (Å²) in [6.07, 6.45) is 3.00. The number of sulfonamides is 1. The highest BCUT2D eigenvalue weighted by Gasteiger charge is 2.34. The smallest absolute Gasteiger partial charge is 0.212 e. The Morgan fingerprint density at radius 3 is 2.21 bits per heavy atom. The molecule has 1 aliphatic rings. The number of rotatable bonds is 3. The third kappa shape index (κ3) is 3.50. The van der Waals surface area contributed by atoms with Gasteiger partial charge in [0.05, 0.1) is 5.75 Å². The highest BCUT2D eigenvalue weighted by molar-refractivity contribution is 7.88. The average molecular weight is 302 g/mol. The number of hydrogen-bond acceptors (Lipinski definition) is 2. The third-order valence-corrected chi connectivity index (χ3v) is 6.01. The van der Waals surface area contributed by atoms with E-state index in [-0.39, 0.29) is 17.8 Å². The Kier molecular flexibility index (Phi) is 4.54. The molecular weight excluding hydrogens is 282 g/mol. The first-order valence-electron chi connectivity index (χ1n) is 6.66. The lowest BCUT2D eigenvalue weighted by Crippen LogP contribution is -2.47. The van der Waals surface area contributed by atoms with Gasteiger partial charge >= 0.3 is 0 Å². The van der Waals surface area contributed by atoms with Crippen molar-refractivity contribution in [1.29, 1.82) is 0 Å². The molecule has 1 aromatic carbocycles. The van der Waals surface area contributed by atoms with Crippen LogP contribution in [0.2, 0.25) is 5.02 Å². The predicted molar refractivity (Wildman–Crippen MR) is 78.7 cm³/mol. The normalized spacial score (nSPS) is 25.4. The molecule has 106 valence electrons. The van der Waals surface area contributed by atoms with Crippen LogP contribution < -0.4 is 0 Å². The molecule has 1 aromatic rings. The zero-order valence-corrected chi connectivity index (χ0v) is 12.9. The minimum absolute atomic E-state index is 0.0544. The van der Waals surface area contributed by atoms with Gasteiger partial charge in [0.1, 0.15) is 0 Å². The summed E-state index contributed by atoms with van der Waals surface area (Å²) >= 11 is 5.82. The molecule has 3 nitrogen and oxygen atoms in total. The standard InChI is InChI=1S/C14H20ClNO2S/c1-11-4-3-5-12(2)16(11)19(17,18)10-13-6-8-14(15)9-7-13/h6-9,11-12H,3-5,10H2,1-2H3. The summed E-state index contributed by atoms with van der Waals surface area (Å²) in [4.78, 5) is 0. The summed E-state index contributed by atoms with van der Waals surface area (Å²) in [5, 5.41) is 0.626. The van der Waals surface area contributed by atoms with Gasteiger partial charge in [0.2, 0.25) is 10.0 Å². The fraction of sp³-hybridized carbons (Fsp3) is 0.571. The van der Waals surface area contributed by atoms with E-state index in [1.54, 1.807) is 28.6 Å². The molecule has 19 heavy (non-hydrogen) atoms. The molecule has 2 unspecified atom stereocenters. The van der Waals surface area contributed by atoms with E-state index in [4.69, 9.17) is 11.6 Å². The first kappa shape index (κ1) is 14.8. The van der Waals surface area contributed by atoms with E-state index < -0.39 is 10.0 Å². The fourth-order valence-electron chi connectivity index (χ4n) is 2.81. The van der Waals surface area contributed by atoms with Gasteiger partial charge in [0, 0.05) is 17.1 Å². The Morgan fingerprint density at radius 2 is 1.68 bits per heavy atom. The molecule has 2 rings (SSSR count). The largest absolute Gasteiger partial charge is 0.218 e. The number of halogens is 1. The van der Waals surface area contributed by atoms with Gasteiger partial charge in [0.25, 0.3) is 0 Å². The molecule has 0 N–H and O–H groups in total. The highest BCUT2D eigenvalue weighted by atomic mass is 35.5. The SMILES string of the molecule is CC1CCCC(C)N1S(=O)(=O)Cc1ccc(Cl)cc1. The van der Waals surface area contributed by atoms with E-state index in [0.717, 1.165) is 24.8 Å². The van der Waals surface area contributed by atoms with Gasteiger partial charge in [0.15, 0.2) is 0 Å². The molecule has 0 bridgehead atoms. The molecule has 0 aliphatic carbocycles. The monoisotopic (exact) mass is 301 g/mol. The second-order valence-corrected chi connectivity index (χ2v) is 7.65. The summed E-state index contributed by atoms with van der Waals surface area (Å²) in [5.74, 6) is 0.0544. The lowest BCUT2D eigenvalue weighted by molar-refractivity contribution is 0.204. The maximum Gasteiger partial charge on any atom is 0.218 e. The third-order valence-electron chi connectivity index (χ3n) is 3.70. The van der Waals surface area contributed by atoms with E-state index in [9.17, 15) is 8.42 Å². The first-order chi connectivity index (χ1) is 8.90. The molecule has 1 saturated heterocycles. The van der Waals surface area contributed by atoms with Crippen molar-refractivity contribution in [3.8, 4) is 0 Å². The van der Waals surface area contributed by atoms with E-state index in [1.807, 2.05) is 13.8 Å². The van der Waals surface area contributed by atoms with Crippen molar-refractivity contribution in [3.05, 3.63) is 34.9 Å². The number of hydrogen-bond donors (Lipinski definition) is 0. The van der Waals surface area contributed by atoms with Gasteiger partial charge in [-0.2, -0.15) is 4.31 Å². The topological polar surface area (TPSA) is 37.4 Å². The molecule has 0 amide bonds. The van der Waals surface area contributed by atoms with Crippen LogP contribution in [0.25, 0.3) is 0 Å². The summed E-state index contributed by atoms with van der Waals surface area (Å²) in [6.45, 7) is 3.99. The Hall–Kier alpha value is -0.580. The molecule has 0 radical (unpaired) electrons. The van der Waals surface area contributed by atoms with Crippen molar-refractivity contribution in [2.45, 2.75) is 50.9 Å². The van der Waals surface area contributed by atoms with Crippen molar-refractivity contribution in [3.63, 3.8) is 0 Å². The number of benzene rings is 1. The van der Waals surface area contributed by atoms with Crippen LogP contribution in [0.1, 0.15) is 38.7 Å². The Labute approximate surface area is 120 Å². The Morgan fingerprint density at radius 1 is 1.16 bits per heavy atom. The van der Waals surface area contributed by atoms with Gasteiger partial charge in [-0.05, 0) is 44.4 Å². The second kappa shape index (κ2) is 5.81. The van der Waals surface area contributed by atoms with Gasteiger partial charge in [-0.3, -0.25) is 0 Å². The molecule has 0 aromatic heterocycles. The van der Waals surface area contributed by atoms with Crippen molar-refractivity contribution >= 4 is 21.6 Å². The number of piperidine rings is 1. The second-order valence-electron chi connectivity index (χ2n) is 5.34. The molecule has 1 heterocycles. The van der Waals surface area contributed by atoms with Crippen LogP contribution in [-0.4, -0.2) is 24.8 Å². The zero-order valence-electron chi connectivity index (χ0n) is 11.3. The fourth-order valence-corrected chi connectivity index (χ4v) is 5.01. The van der Waals surface area contributed by atoms with Gasteiger partial charge in [-0.25, -0.2) is 8.42 Å². The molecule has 5 heteroatoms. The van der Waals surface area contributed by atoms with Crippen molar-refractivity contribution < 1.29 is 8.42 Å². The van der Waals surface area contributed by atoms with E-state index in [2.05, 4.69) is 0 Å². The van der Waals surface area contributed by atoms with Crippen molar-refractivity contribution in [2.75, 3.05) is 0 Å². The van der Waals surface area contributed by atoms with E-state index >= 15 is 0 Å². The lowest BCUT2D eigenvalue weighted by Gasteiger charge is -2.37. The maximum absolute atomic E-state index is 12.6. The maximum atomic E-state index is 12.6. The number of nitrogens with zero attached hydrogens (tertiary/aromatic N) is 1. The van der Waals surface area contributed by atoms with Crippen molar-refractivity contribution in [2.24, 2.45) is 0 Å². The van der Waals surface area contributed by atoms with Crippen LogP contribution in [-0.2, 0) is 15.8 Å². The summed E-state index contributed by atoms with van der Waals surface area (Å²) < 4.78 is 26.8. The van der Waals surface area contributed by atoms with Crippen LogP contribution >= 0.6 is 11.6 Å².